The maximum absolute atomic E-state index is 12.0. The van der Waals surface area contributed by atoms with Gasteiger partial charge >= 0.3 is 0 Å². The summed E-state index contributed by atoms with van der Waals surface area (Å²) in [6.45, 7) is 2.37. The minimum atomic E-state index is -0.140. The molecule has 0 spiro atoms. The Bertz CT molecular complexity index is 810. The number of rotatable bonds is 3. The Labute approximate surface area is 127 Å². The number of imidazole rings is 1. The molecule has 0 aliphatic rings. The highest BCUT2D eigenvalue weighted by Crippen LogP contribution is 2.14. The number of aromatic amines is 1. The average Bonchev–Trinajstić information content (AvgIpc) is 2.84. The second-order valence-corrected chi connectivity index (χ2v) is 5.30. The van der Waals surface area contributed by atoms with Crippen LogP contribution in [-0.2, 0) is 6.54 Å². The monoisotopic (exact) mass is 299 g/mol. The first kappa shape index (κ1) is 13.6. The van der Waals surface area contributed by atoms with Crippen molar-refractivity contribution in [1.29, 1.82) is 0 Å². The van der Waals surface area contributed by atoms with E-state index >= 15 is 0 Å². The molecule has 0 saturated heterocycles. The van der Waals surface area contributed by atoms with Crippen LogP contribution < -0.4 is 5.32 Å². The topological polar surface area (TPSA) is 57.8 Å². The van der Waals surface area contributed by atoms with E-state index < -0.39 is 0 Å². The molecular weight excluding hydrogens is 286 g/mol. The molecule has 106 valence electrons. The largest absolute Gasteiger partial charge is 0.348 e. The normalized spacial score (nSPS) is 10.8. The van der Waals surface area contributed by atoms with Crippen LogP contribution in [0, 0.1) is 6.92 Å². The molecule has 0 fully saturated rings. The molecule has 21 heavy (non-hydrogen) atoms. The van der Waals surface area contributed by atoms with Crippen LogP contribution in [0.15, 0.2) is 42.5 Å². The van der Waals surface area contributed by atoms with Gasteiger partial charge in [-0.1, -0.05) is 23.7 Å². The van der Waals surface area contributed by atoms with Crippen molar-refractivity contribution >= 4 is 28.5 Å². The average molecular weight is 300 g/mol. The first-order valence-corrected chi connectivity index (χ1v) is 6.98. The molecule has 2 N–H and O–H groups in total. The van der Waals surface area contributed by atoms with Gasteiger partial charge in [-0.05, 0) is 42.8 Å². The summed E-state index contributed by atoms with van der Waals surface area (Å²) >= 11 is 5.88. The van der Waals surface area contributed by atoms with E-state index in [1.165, 1.54) is 0 Å². The van der Waals surface area contributed by atoms with Crippen molar-refractivity contribution in [2.45, 2.75) is 13.5 Å². The predicted molar refractivity (Wildman–Crippen MR) is 83.5 cm³/mol. The zero-order chi connectivity index (χ0) is 14.8. The van der Waals surface area contributed by atoms with Gasteiger partial charge in [0.25, 0.3) is 5.91 Å². The number of aryl methyl sites for hydroxylation is 1. The van der Waals surface area contributed by atoms with Gasteiger partial charge in [-0.3, -0.25) is 4.79 Å². The van der Waals surface area contributed by atoms with Crippen LogP contribution in [0.2, 0.25) is 5.02 Å². The number of aromatic nitrogens is 2. The summed E-state index contributed by atoms with van der Waals surface area (Å²) in [7, 11) is 0. The minimum Gasteiger partial charge on any atom is -0.348 e. The fraction of sp³-hybridized carbons (Fsp3) is 0.125. The van der Waals surface area contributed by atoms with Gasteiger partial charge in [-0.15, -0.1) is 0 Å². The fourth-order valence-corrected chi connectivity index (χ4v) is 2.40. The molecule has 5 heteroatoms. The van der Waals surface area contributed by atoms with E-state index in [9.17, 15) is 4.79 Å². The number of fused-ring (bicyclic) bond motifs is 1. The molecule has 3 aromatic rings. The highest BCUT2D eigenvalue weighted by molar-refractivity contribution is 6.30. The molecule has 0 saturated carbocycles. The van der Waals surface area contributed by atoms with Crippen LogP contribution >= 0.6 is 11.6 Å². The number of carbonyl (C=O) groups is 1. The molecule has 2 aromatic carbocycles. The zero-order valence-corrected chi connectivity index (χ0v) is 12.2. The van der Waals surface area contributed by atoms with Crippen LogP contribution in [0.1, 0.15) is 21.7 Å². The summed E-state index contributed by atoms with van der Waals surface area (Å²) in [5.74, 6) is 0.739. The molecule has 4 nitrogen and oxygen atoms in total. The number of nitrogens with one attached hydrogen (secondary N) is 2. The first-order valence-electron chi connectivity index (χ1n) is 6.61. The fourth-order valence-electron chi connectivity index (χ4n) is 2.21. The maximum Gasteiger partial charge on any atom is 0.251 e. The molecule has 0 aliphatic carbocycles. The second-order valence-electron chi connectivity index (χ2n) is 4.87. The van der Waals surface area contributed by atoms with Gasteiger partial charge in [0.2, 0.25) is 0 Å². The van der Waals surface area contributed by atoms with E-state index in [1.54, 1.807) is 24.3 Å². The maximum atomic E-state index is 12.0. The van der Waals surface area contributed by atoms with Crippen LogP contribution in [0.3, 0.4) is 0 Å². The summed E-state index contributed by atoms with van der Waals surface area (Å²) in [6, 6.07) is 12.8. The third kappa shape index (κ3) is 3.06. The number of H-pyrrole nitrogens is 1. The SMILES string of the molecule is Cc1nc2ccc(CNC(=O)c3cccc(Cl)c3)cc2[nH]1. The zero-order valence-electron chi connectivity index (χ0n) is 11.5. The van der Waals surface area contributed by atoms with Crippen molar-refractivity contribution < 1.29 is 4.79 Å². The molecule has 0 bridgehead atoms. The second kappa shape index (κ2) is 5.58. The quantitative estimate of drug-likeness (QED) is 0.778. The minimum absolute atomic E-state index is 0.140. The molecule has 0 unspecified atom stereocenters. The standard InChI is InChI=1S/C16H14ClN3O/c1-10-19-14-6-5-11(7-15(14)20-10)9-18-16(21)12-3-2-4-13(17)8-12/h2-8H,9H2,1H3,(H,18,21)(H,19,20). The Morgan fingerprint density at radius 3 is 2.95 bits per heavy atom. The molecule has 0 aliphatic heterocycles. The number of hydrogen-bond acceptors (Lipinski definition) is 2. The van der Waals surface area contributed by atoms with Gasteiger partial charge in [0, 0.05) is 17.1 Å². The van der Waals surface area contributed by atoms with Crippen molar-refractivity contribution in [2.75, 3.05) is 0 Å². The van der Waals surface area contributed by atoms with Gasteiger partial charge in [-0.2, -0.15) is 0 Å². The molecule has 0 radical (unpaired) electrons. The van der Waals surface area contributed by atoms with Crippen LogP contribution in [-0.4, -0.2) is 15.9 Å². The summed E-state index contributed by atoms with van der Waals surface area (Å²) in [4.78, 5) is 19.6. The lowest BCUT2D eigenvalue weighted by atomic mass is 10.2. The number of carbonyl (C=O) groups excluding carboxylic acids is 1. The molecule has 1 aromatic heterocycles. The van der Waals surface area contributed by atoms with Gasteiger partial charge in [0.15, 0.2) is 0 Å². The summed E-state index contributed by atoms with van der Waals surface area (Å²) in [5.41, 5.74) is 3.47. The third-order valence-electron chi connectivity index (χ3n) is 3.20. The predicted octanol–water partition coefficient (Wildman–Crippen LogP) is 3.45. The van der Waals surface area contributed by atoms with Gasteiger partial charge in [0.05, 0.1) is 11.0 Å². The van der Waals surface area contributed by atoms with Crippen LogP contribution in [0.25, 0.3) is 11.0 Å². The van der Waals surface area contributed by atoms with E-state index in [2.05, 4.69) is 15.3 Å². The third-order valence-corrected chi connectivity index (χ3v) is 3.44. The Morgan fingerprint density at radius 2 is 2.14 bits per heavy atom. The first-order chi connectivity index (χ1) is 10.1. The van der Waals surface area contributed by atoms with E-state index in [0.29, 0.717) is 17.1 Å². The van der Waals surface area contributed by atoms with Crippen molar-refractivity contribution in [1.82, 2.24) is 15.3 Å². The Hall–Kier alpha value is -2.33. The summed E-state index contributed by atoms with van der Waals surface area (Å²) in [6.07, 6.45) is 0. The summed E-state index contributed by atoms with van der Waals surface area (Å²) < 4.78 is 0. The lowest BCUT2D eigenvalue weighted by Gasteiger charge is -2.06. The molecule has 0 atom stereocenters. The van der Waals surface area contributed by atoms with E-state index in [-0.39, 0.29) is 5.91 Å². The molecule has 3 rings (SSSR count). The van der Waals surface area contributed by atoms with Crippen molar-refractivity contribution in [3.8, 4) is 0 Å². The number of hydrogen-bond donors (Lipinski definition) is 2. The Balaban J connectivity index is 1.72. The van der Waals surface area contributed by atoms with Crippen LogP contribution in [0.5, 0.6) is 0 Å². The van der Waals surface area contributed by atoms with Crippen molar-refractivity contribution in [2.24, 2.45) is 0 Å². The number of halogens is 1. The lowest BCUT2D eigenvalue weighted by molar-refractivity contribution is 0.0951. The number of benzene rings is 2. The van der Waals surface area contributed by atoms with Gasteiger partial charge in [-0.25, -0.2) is 4.98 Å². The van der Waals surface area contributed by atoms with E-state index in [0.717, 1.165) is 22.4 Å². The van der Waals surface area contributed by atoms with E-state index in [4.69, 9.17) is 11.6 Å². The number of amides is 1. The van der Waals surface area contributed by atoms with Crippen molar-refractivity contribution in [3.63, 3.8) is 0 Å². The Morgan fingerprint density at radius 1 is 1.29 bits per heavy atom. The smallest absolute Gasteiger partial charge is 0.251 e. The summed E-state index contributed by atoms with van der Waals surface area (Å²) in [5, 5.41) is 3.43. The van der Waals surface area contributed by atoms with E-state index in [1.807, 2.05) is 25.1 Å². The molecule has 1 heterocycles. The van der Waals surface area contributed by atoms with Crippen molar-refractivity contribution in [3.05, 3.63) is 64.4 Å². The number of nitrogens with zero attached hydrogens (tertiary/aromatic N) is 1. The highest BCUT2D eigenvalue weighted by Gasteiger charge is 2.06. The van der Waals surface area contributed by atoms with Gasteiger partial charge < -0.3 is 10.3 Å². The van der Waals surface area contributed by atoms with Crippen LogP contribution in [0.4, 0.5) is 0 Å². The lowest BCUT2D eigenvalue weighted by Crippen LogP contribution is -2.22. The van der Waals surface area contributed by atoms with Gasteiger partial charge in [0.1, 0.15) is 5.82 Å². The Kier molecular flexibility index (Phi) is 3.62. The molecule has 1 amide bonds. The highest BCUT2D eigenvalue weighted by atomic mass is 35.5. The molecular formula is C16H14ClN3O.